The van der Waals surface area contributed by atoms with Gasteiger partial charge in [-0.15, -0.1) is 0 Å². The fourth-order valence-corrected chi connectivity index (χ4v) is 3.98. The molecule has 0 aromatic heterocycles. The predicted octanol–water partition coefficient (Wildman–Crippen LogP) is 3.35. The number of sulfonamides is 1. The molecule has 0 spiro atoms. The van der Waals surface area contributed by atoms with E-state index >= 15 is 0 Å². The molecule has 0 aliphatic heterocycles. The highest BCUT2D eigenvalue weighted by Gasteiger charge is 2.28. The monoisotopic (exact) mass is 398 g/mol. The number of para-hydroxylation sites is 1. The quantitative estimate of drug-likeness (QED) is 0.641. The van der Waals surface area contributed by atoms with Gasteiger partial charge in [-0.3, -0.25) is 4.79 Å². The summed E-state index contributed by atoms with van der Waals surface area (Å²) >= 11 is 0. The molecule has 0 bridgehead atoms. The molecule has 1 atom stereocenters. The Labute approximate surface area is 163 Å². The number of nitrogens with one attached hydrogen (secondary N) is 2. The highest BCUT2D eigenvalue weighted by Crippen LogP contribution is 2.16. The largest absolute Gasteiger partial charge is 0.325 e. The van der Waals surface area contributed by atoms with Crippen molar-refractivity contribution in [3.05, 3.63) is 96.3 Å². The van der Waals surface area contributed by atoms with Crippen LogP contribution in [-0.2, 0) is 21.2 Å². The van der Waals surface area contributed by atoms with E-state index in [2.05, 4.69) is 10.0 Å². The lowest BCUT2D eigenvalue weighted by molar-refractivity contribution is -0.117. The number of halogens is 1. The fourth-order valence-electron chi connectivity index (χ4n) is 2.70. The van der Waals surface area contributed by atoms with Crippen molar-refractivity contribution in [1.29, 1.82) is 0 Å². The minimum Gasteiger partial charge on any atom is -0.325 e. The number of hydrogen-bond donors (Lipinski definition) is 2. The smallest absolute Gasteiger partial charge is 0.244 e. The molecule has 3 rings (SSSR count). The molecule has 5 nitrogen and oxygen atoms in total. The molecule has 0 aliphatic carbocycles. The van der Waals surface area contributed by atoms with Gasteiger partial charge in [-0.2, -0.15) is 4.72 Å². The Bertz CT molecular complexity index is 1040. The van der Waals surface area contributed by atoms with E-state index in [1.807, 2.05) is 6.07 Å². The first-order valence-electron chi connectivity index (χ1n) is 8.62. The molecule has 28 heavy (non-hydrogen) atoms. The maximum atomic E-state index is 14.0. The number of benzene rings is 3. The Hall–Kier alpha value is -3.03. The molecule has 0 saturated carbocycles. The summed E-state index contributed by atoms with van der Waals surface area (Å²) in [6.07, 6.45) is 0.118. The molecule has 0 aliphatic rings. The van der Waals surface area contributed by atoms with Crippen molar-refractivity contribution in [2.45, 2.75) is 17.4 Å². The standard InChI is InChI=1S/C21H19FN2O3S/c22-18-13-7-8-14-20(18)28(26,27)24-19(15-16-9-3-1-4-10-16)21(25)23-17-11-5-2-6-12-17/h1-14,19,24H,15H2,(H,23,25). The van der Waals surface area contributed by atoms with Gasteiger partial charge in [0.2, 0.25) is 15.9 Å². The molecular formula is C21H19FN2O3S. The van der Waals surface area contributed by atoms with Gasteiger partial charge in [-0.05, 0) is 36.2 Å². The lowest BCUT2D eigenvalue weighted by Crippen LogP contribution is -2.45. The van der Waals surface area contributed by atoms with Crippen LogP contribution in [0, 0.1) is 5.82 Å². The van der Waals surface area contributed by atoms with Gasteiger partial charge in [0.1, 0.15) is 16.8 Å². The van der Waals surface area contributed by atoms with E-state index in [4.69, 9.17) is 0 Å². The average molecular weight is 398 g/mol. The Morgan fingerprint density at radius 2 is 1.43 bits per heavy atom. The summed E-state index contributed by atoms with van der Waals surface area (Å²) in [5, 5.41) is 2.69. The molecule has 1 unspecified atom stereocenters. The van der Waals surface area contributed by atoms with Gasteiger partial charge in [0.25, 0.3) is 0 Å². The van der Waals surface area contributed by atoms with Crippen LogP contribution in [0.5, 0.6) is 0 Å². The molecule has 2 N–H and O–H groups in total. The van der Waals surface area contributed by atoms with Crippen molar-refractivity contribution >= 4 is 21.6 Å². The van der Waals surface area contributed by atoms with E-state index in [1.54, 1.807) is 54.6 Å². The highest BCUT2D eigenvalue weighted by atomic mass is 32.2. The minimum absolute atomic E-state index is 0.118. The molecule has 144 valence electrons. The summed E-state index contributed by atoms with van der Waals surface area (Å²) in [5.74, 6) is -1.41. The number of carbonyl (C=O) groups is 1. The second-order valence-electron chi connectivity index (χ2n) is 6.15. The SMILES string of the molecule is O=C(Nc1ccccc1)C(Cc1ccccc1)NS(=O)(=O)c1ccccc1F. The van der Waals surface area contributed by atoms with Crippen molar-refractivity contribution < 1.29 is 17.6 Å². The zero-order chi connectivity index (χ0) is 20.0. The number of rotatable bonds is 7. The number of carbonyl (C=O) groups excluding carboxylic acids is 1. The zero-order valence-corrected chi connectivity index (χ0v) is 15.7. The van der Waals surface area contributed by atoms with Crippen molar-refractivity contribution in [3.63, 3.8) is 0 Å². The Kier molecular flexibility index (Phi) is 6.18. The summed E-state index contributed by atoms with van der Waals surface area (Å²) < 4.78 is 41.7. The molecule has 0 fully saturated rings. The van der Waals surface area contributed by atoms with E-state index in [1.165, 1.54) is 12.1 Å². The van der Waals surface area contributed by atoms with Crippen LogP contribution in [0.1, 0.15) is 5.56 Å². The fraction of sp³-hybridized carbons (Fsp3) is 0.0952. The Morgan fingerprint density at radius 1 is 0.857 bits per heavy atom. The molecule has 3 aromatic carbocycles. The van der Waals surface area contributed by atoms with Gasteiger partial charge >= 0.3 is 0 Å². The topological polar surface area (TPSA) is 75.3 Å². The number of hydrogen-bond acceptors (Lipinski definition) is 3. The van der Waals surface area contributed by atoms with Crippen LogP contribution < -0.4 is 10.0 Å². The normalized spacial score (nSPS) is 12.3. The van der Waals surface area contributed by atoms with Crippen LogP contribution in [0.2, 0.25) is 0 Å². The third kappa shape index (κ3) is 5.03. The highest BCUT2D eigenvalue weighted by molar-refractivity contribution is 7.89. The molecule has 1 amide bonds. The van der Waals surface area contributed by atoms with Crippen LogP contribution in [0.3, 0.4) is 0 Å². The van der Waals surface area contributed by atoms with Crippen LogP contribution >= 0.6 is 0 Å². The maximum Gasteiger partial charge on any atom is 0.244 e. The molecule has 0 heterocycles. The van der Waals surface area contributed by atoms with Crippen molar-refractivity contribution in [3.8, 4) is 0 Å². The molecule has 0 radical (unpaired) electrons. The third-order valence-corrected chi connectivity index (χ3v) is 5.57. The Balaban J connectivity index is 1.87. The van der Waals surface area contributed by atoms with Crippen LogP contribution in [0.4, 0.5) is 10.1 Å². The van der Waals surface area contributed by atoms with Crippen LogP contribution in [0.25, 0.3) is 0 Å². The van der Waals surface area contributed by atoms with E-state index < -0.39 is 32.7 Å². The van der Waals surface area contributed by atoms with E-state index in [0.717, 1.165) is 17.7 Å². The first-order chi connectivity index (χ1) is 13.5. The lowest BCUT2D eigenvalue weighted by Gasteiger charge is -2.19. The Morgan fingerprint density at radius 3 is 2.07 bits per heavy atom. The van der Waals surface area contributed by atoms with Gasteiger partial charge in [-0.25, -0.2) is 12.8 Å². The summed E-state index contributed by atoms with van der Waals surface area (Å²) in [4.78, 5) is 12.3. The maximum absolute atomic E-state index is 14.0. The van der Waals surface area contributed by atoms with Crippen LogP contribution in [-0.4, -0.2) is 20.4 Å². The summed E-state index contributed by atoms with van der Waals surface area (Å²) in [6.45, 7) is 0. The van der Waals surface area contributed by atoms with Gasteiger partial charge in [-0.1, -0.05) is 60.7 Å². The third-order valence-electron chi connectivity index (χ3n) is 4.06. The minimum atomic E-state index is -4.23. The predicted molar refractivity (Wildman–Crippen MR) is 106 cm³/mol. The summed E-state index contributed by atoms with van der Waals surface area (Å²) in [5.41, 5.74) is 1.31. The van der Waals surface area contributed by atoms with Gasteiger partial charge in [0.15, 0.2) is 0 Å². The van der Waals surface area contributed by atoms with Crippen molar-refractivity contribution in [2.75, 3.05) is 5.32 Å². The first kappa shape index (κ1) is 19.7. The molecule has 3 aromatic rings. The number of anilines is 1. The van der Waals surface area contributed by atoms with Gasteiger partial charge in [0.05, 0.1) is 0 Å². The first-order valence-corrected chi connectivity index (χ1v) is 10.1. The van der Waals surface area contributed by atoms with Gasteiger partial charge < -0.3 is 5.32 Å². The molecule has 7 heteroatoms. The summed E-state index contributed by atoms with van der Waals surface area (Å²) in [6, 6.07) is 21.6. The van der Waals surface area contributed by atoms with E-state index in [9.17, 15) is 17.6 Å². The van der Waals surface area contributed by atoms with Crippen molar-refractivity contribution in [2.24, 2.45) is 0 Å². The van der Waals surface area contributed by atoms with Gasteiger partial charge in [0, 0.05) is 5.69 Å². The van der Waals surface area contributed by atoms with E-state index in [0.29, 0.717) is 5.69 Å². The van der Waals surface area contributed by atoms with Crippen molar-refractivity contribution in [1.82, 2.24) is 4.72 Å². The lowest BCUT2D eigenvalue weighted by atomic mass is 10.1. The second kappa shape index (κ2) is 8.77. The zero-order valence-electron chi connectivity index (χ0n) is 14.9. The van der Waals surface area contributed by atoms with Crippen LogP contribution in [0.15, 0.2) is 89.8 Å². The van der Waals surface area contributed by atoms with E-state index in [-0.39, 0.29) is 6.42 Å². The summed E-state index contributed by atoms with van der Waals surface area (Å²) in [7, 11) is -4.23. The average Bonchev–Trinajstić information content (AvgIpc) is 2.69. The molecular weight excluding hydrogens is 379 g/mol. The second-order valence-corrected chi connectivity index (χ2v) is 7.83. The molecule has 0 saturated heterocycles. The number of amides is 1.